The Balaban J connectivity index is 1.73. The summed E-state index contributed by atoms with van der Waals surface area (Å²) in [7, 11) is 0. The van der Waals surface area contributed by atoms with Crippen LogP contribution in [0.1, 0.15) is 38.2 Å². The quantitative estimate of drug-likeness (QED) is 0.856. The van der Waals surface area contributed by atoms with E-state index in [1.165, 1.54) is 12.8 Å². The second-order valence-electron chi connectivity index (χ2n) is 5.48. The molecule has 1 atom stereocenters. The summed E-state index contributed by atoms with van der Waals surface area (Å²) in [5.74, 6) is 0. The lowest BCUT2D eigenvalue weighted by Gasteiger charge is -2.22. The van der Waals surface area contributed by atoms with E-state index < -0.39 is 5.60 Å². The van der Waals surface area contributed by atoms with Gasteiger partial charge >= 0.3 is 0 Å². The van der Waals surface area contributed by atoms with Crippen LogP contribution in [0, 0.1) is 0 Å². The number of likely N-dealkylation sites (tertiary alicyclic amines) is 1. The third kappa shape index (κ3) is 2.11. The standard InChI is InChI=1S/C13H21N3O/c1-2-6-16-9-11(8-14-16)13(17)5-7-15(10-13)12-3-4-12/h8-9,12,17H,2-7,10H2,1H3. The molecule has 4 nitrogen and oxygen atoms in total. The molecule has 2 fully saturated rings. The Kier molecular flexibility index (Phi) is 2.71. The number of nitrogens with zero attached hydrogens (tertiary/aromatic N) is 3. The van der Waals surface area contributed by atoms with Crippen molar-refractivity contribution in [1.82, 2.24) is 14.7 Å². The van der Waals surface area contributed by atoms with Gasteiger partial charge in [0, 0.05) is 37.4 Å². The predicted octanol–water partition coefficient (Wildman–Crippen LogP) is 1.35. The molecule has 1 saturated heterocycles. The molecule has 0 aromatic carbocycles. The Labute approximate surface area is 102 Å². The first-order valence-corrected chi connectivity index (χ1v) is 6.70. The lowest BCUT2D eigenvalue weighted by atomic mass is 9.96. The molecule has 2 aliphatic rings. The zero-order chi connectivity index (χ0) is 11.9. The van der Waals surface area contributed by atoms with E-state index in [4.69, 9.17) is 0 Å². The molecule has 0 amide bonds. The van der Waals surface area contributed by atoms with Gasteiger partial charge in [0.25, 0.3) is 0 Å². The molecule has 1 aromatic heterocycles. The van der Waals surface area contributed by atoms with Crippen LogP contribution in [0.5, 0.6) is 0 Å². The molecular weight excluding hydrogens is 214 g/mol. The molecular formula is C13H21N3O. The molecule has 17 heavy (non-hydrogen) atoms. The number of aryl methyl sites for hydroxylation is 1. The number of hydrogen-bond acceptors (Lipinski definition) is 3. The average Bonchev–Trinajstić information content (AvgIpc) is 2.91. The molecule has 1 aliphatic carbocycles. The average molecular weight is 235 g/mol. The van der Waals surface area contributed by atoms with Gasteiger partial charge in [0.15, 0.2) is 0 Å². The van der Waals surface area contributed by atoms with Crippen molar-refractivity contribution < 1.29 is 5.11 Å². The van der Waals surface area contributed by atoms with Crippen molar-refractivity contribution in [3.63, 3.8) is 0 Å². The van der Waals surface area contributed by atoms with Gasteiger partial charge in [-0.1, -0.05) is 6.92 Å². The van der Waals surface area contributed by atoms with E-state index in [-0.39, 0.29) is 0 Å². The van der Waals surface area contributed by atoms with Gasteiger partial charge in [-0.2, -0.15) is 5.10 Å². The number of β-amino-alcohol motifs (C(OH)–C–C–N with tert-alkyl or cyclic N) is 1. The largest absolute Gasteiger partial charge is 0.384 e. The highest BCUT2D eigenvalue weighted by Gasteiger charge is 2.43. The number of rotatable bonds is 4. The second-order valence-corrected chi connectivity index (χ2v) is 5.48. The van der Waals surface area contributed by atoms with Crippen molar-refractivity contribution >= 4 is 0 Å². The van der Waals surface area contributed by atoms with Crippen molar-refractivity contribution in [2.24, 2.45) is 0 Å². The number of aliphatic hydroxyl groups is 1. The van der Waals surface area contributed by atoms with Crippen LogP contribution < -0.4 is 0 Å². The zero-order valence-corrected chi connectivity index (χ0v) is 10.5. The third-order valence-electron chi connectivity index (χ3n) is 3.96. The highest BCUT2D eigenvalue weighted by Crippen LogP contribution is 2.38. The first-order chi connectivity index (χ1) is 8.21. The number of hydrogen-bond donors (Lipinski definition) is 1. The Morgan fingerprint density at radius 1 is 1.53 bits per heavy atom. The second kappa shape index (κ2) is 4.10. The Morgan fingerprint density at radius 3 is 3.06 bits per heavy atom. The van der Waals surface area contributed by atoms with Crippen LogP contribution in [0.3, 0.4) is 0 Å². The molecule has 1 aliphatic heterocycles. The van der Waals surface area contributed by atoms with Crippen molar-refractivity contribution in [2.75, 3.05) is 13.1 Å². The molecule has 1 unspecified atom stereocenters. The van der Waals surface area contributed by atoms with E-state index in [9.17, 15) is 5.11 Å². The van der Waals surface area contributed by atoms with Crippen LogP contribution in [0.25, 0.3) is 0 Å². The van der Waals surface area contributed by atoms with Gasteiger partial charge in [-0.05, 0) is 25.7 Å². The maximum Gasteiger partial charge on any atom is 0.106 e. The third-order valence-corrected chi connectivity index (χ3v) is 3.96. The maximum absolute atomic E-state index is 10.7. The molecule has 0 spiro atoms. The van der Waals surface area contributed by atoms with Crippen LogP contribution in [0.2, 0.25) is 0 Å². The molecule has 1 saturated carbocycles. The Hall–Kier alpha value is -0.870. The predicted molar refractivity (Wildman–Crippen MR) is 65.6 cm³/mol. The summed E-state index contributed by atoms with van der Waals surface area (Å²) in [5, 5.41) is 15.0. The van der Waals surface area contributed by atoms with Crippen molar-refractivity contribution in [2.45, 2.75) is 50.8 Å². The van der Waals surface area contributed by atoms with Gasteiger partial charge in [-0.15, -0.1) is 0 Å². The molecule has 1 aromatic rings. The molecule has 4 heteroatoms. The molecule has 0 bridgehead atoms. The van der Waals surface area contributed by atoms with E-state index in [0.717, 1.165) is 44.1 Å². The van der Waals surface area contributed by atoms with Gasteiger partial charge in [0.1, 0.15) is 5.60 Å². The van der Waals surface area contributed by atoms with Gasteiger partial charge in [0.2, 0.25) is 0 Å². The Bertz CT molecular complexity index is 399. The fraction of sp³-hybridized carbons (Fsp3) is 0.769. The van der Waals surface area contributed by atoms with Crippen molar-refractivity contribution in [3.8, 4) is 0 Å². The topological polar surface area (TPSA) is 41.3 Å². The van der Waals surface area contributed by atoms with Crippen LogP contribution in [-0.4, -0.2) is 38.9 Å². The minimum Gasteiger partial charge on any atom is -0.384 e. The number of aromatic nitrogens is 2. The van der Waals surface area contributed by atoms with Gasteiger partial charge in [-0.25, -0.2) is 0 Å². The Morgan fingerprint density at radius 2 is 2.35 bits per heavy atom. The summed E-state index contributed by atoms with van der Waals surface area (Å²) >= 11 is 0. The van der Waals surface area contributed by atoms with Crippen LogP contribution in [0.4, 0.5) is 0 Å². The van der Waals surface area contributed by atoms with E-state index >= 15 is 0 Å². The van der Waals surface area contributed by atoms with E-state index in [0.29, 0.717) is 0 Å². The lowest BCUT2D eigenvalue weighted by Crippen LogP contribution is -2.31. The van der Waals surface area contributed by atoms with Gasteiger partial charge in [0.05, 0.1) is 6.20 Å². The minimum atomic E-state index is -0.658. The molecule has 2 heterocycles. The normalized spacial score (nSPS) is 30.0. The van der Waals surface area contributed by atoms with E-state index in [1.807, 2.05) is 17.1 Å². The zero-order valence-electron chi connectivity index (χ0n) is 10.5. The monoisotopic (exact) mass is 235 g/mol. The minimum absolute atomic E-state index is 0.658. The molecule has 3 rings (SSSR count). The van der Waals surface area contributed by atoms with Crippen LogP contribution in [-0.2, 0) is 12.1 Å². The lowest BCUT2D eigenvalue weighted by molar-refractivity contribution is 0.0451. The van der Waals surface area contributed by atoms with Gasteiger partial charge < -0.3 is 5.11 Å². The maximum atomic E-state index is 10.7. The first kappa shape index (κ1) is 11.2. The van der Waals surface area contributed by atoms with Gasteiger partial charge in [-0.3, -0.25) is 9.58 Å². The SMILES string of the molecule is CCCn1cc(C2(O)CCN(C3CC3)C2)cn1. The first-order valence-electron chi connectivity index (χ1n) is 6.70. The summed E-state index contributed by atoms with van der Waals surface area (Å²) in [6.45, 7) is 4.89. The fourth-order valence-corrected chi connectivity index (χ4v) is 2.76. The van der Waals surface area contributed by atoms with E-state index in [1.54, 1.807) is 0 Å². The smallest absolute Gasteiger partial charge is 0.106 e. The molecule has 0 radical (unpaired) electrons. The summed E-state index contributed by atoms with van der Waals surface area (Å²) < 4.78 is 1.94. The van der Waals surface area contributed by atoms with Crippen molar-refractivity contribution in [3.05, 3.63) is 18.0 Å². The van der Waals surface area contributed by atoms with E-state index in [2.05, 4.69) is 16.9 Å². The highest BCUT2D eigenvalue weighted by molar-refractivity contribution is 5.18. The summed E-state index contributed by atoms with van der Waals surface area (Å²) in [5.41, 5.74) is 0.336. The highest BCUT2D eigenvalue weighted by atomic mass is 16.3. The van der Waals surface area contributed by atoms with Crippen LogP contribution in [0.15, 0.2) is 12.4 Å². The summed E-state index contributed by atoms with van der Waals surface area (Å²) in [6.07, 6.45) is 8.40. The summed E-state index contributed by atoms with van der Waals surface area (Å²) in [4.78, 5) is 2.43. The molecule has 1 N–H and O–H groups in total. The molecule has 94 valence electrons. The summed E-state index contributed by atoms with van der Waals surface area (Å²) in [6, 6.07) is 0.745. The van der Waals surface area contributed by atoms with Crippen molar-refractivity contribution in [1.29, 1.82) is 0 Å². The fourth-order valence-electron chi connectivity index (χ4n) is 2.76. The van der Waals surface area contributed by atoms with Crippen LogP contribution >= 0.6 is 0 Å².